The molecule has 4 saturated carbocycles. The Hall–Kier alpha value is -2.21. The van der Waals surface area contributed by atoms with Gasteiger partial charge >= 0.3 is 0 Å². The molecule has 0 N–H and O–H groups in total. The molecule has 5 nitrogen and oxygen atoms in total. The van der Waals surface area contributed by atoms with Crippen molar-refractivity contribution in [1.82, 2.24) is 4.90 Å². The molecule has 296 valence electrons. The third-order valence-corrected chi connectivity index (χ3v) is 14.9. The van der Waals surface area contributed by atoms with E-state index in [9.17, 15) is 4.79 Å². The minimum absolute atomic E-state index is 0.0259. The lowest BCUT2D eigenvalue weighted by Gasteiger charge is -2.64. The van der Waals surface area contributed by atoms with Crippen LogP contribution in [0.4, 0.5) is 0 Å². The average Bonchev–Trinajstić information content (AvgIpc) is 3.53. The number of ether oxygens (including phenoxy) is 3. The van der Waals surface area contributed by atoms with Crippen LogP contribution in [0.25, 0.3) is 0 Å². The molecule has 0 aromatic heterocycles. The number of amides is 1. The molecule has 4 fully saturated rings. The van der Waals surface area contributed by atoms with E-state index in [-0.39, 0.29) is 23.0 Å². The summed E-state index contributed by atoms with van der Waals surface area (Å²) in [5.41, 5.74) is 1.50. The standard InChI is InChI=1S/C48H75NO4/c1-8-12-13-14-15-19-28-49(35-37-20-17-16-18-21-37)45(50)25-22-36(5)40-23-24-41-46-42(34-44(48(40,41)7)53-31-11-4)47(6)27-26-39(51-29-9-2)32-38(47)33-43(46)52-30-10-3/h9-11,16-18,20-21,36,38-44,46H,2-4,8,12-15,19,22-35H2,1,5-7H3/t36?,38?,39-,40-,41+,42+,43-,44+,46?,47+,48-/m1/s1. The number of unbranched alkanes of at least 4 members (excludes halogenated alkanes) is 5. The summed E-state index contributed by atoms with van der Waals surface area (Å²) in [5, 5.41) is 0. The SMILES string of the molecule is C=CCO[C@@H]1CC[C@@]2(C)C(C1)C[C@@H](OCC=C)C1[C@@H]3CC[C@H](C(C)CCC(=O)N(CCCCCCCC)Cc4ccccc4)[C@@]3(C)[C@@H](OCC=C)C[C@@H]12. The number of hydrogen-bond acceptors (Lipinski definition) is 4. The van der Waals surface area contributed by atoms with Crippen LogP contribution in [0.1, 0.15) is 130 Å². The summed E-state index contributed by atoms with van der Waals surface area (Å²) in [6, 6.07) is 10.6. The second-order valence-electron chi connectivity index (χ2n) is 17.9. The van der Waals surface area contributed by atoms with Crippen molar-refractivity contribution in [3.05, 3.63) is 73.9 Å². The fourth-order valence-electron chi connectivity index (χ4n) is 12.1. The molecule has 53 heavy (non-hydrogen) atoms. The Balaban J connectivity index is 1.32. The lowest BCUT2D eigenvalue weighted by atomic mass is 9.43. The first kappa shape index (κ1) is 41.9. The van der Waals surface area contributed by atoms with Gasteiger partial charge in [0, 0.05) is 24.9 Å². The monoisotopic (exact) mass is 730 g/mol. The van der Waals surface area contributed by atoms with Gasteiger partial charge in [0.2, 0.25) is 5.91 Å². The van der Waals surface area contributed by atoms with Gasteiger partial charge in [-0.05, 0) is 104 Å². The highest BCUT2D eigenvalue weighted by atomic mass is 16.5. The molecule has 5 rings (SSSR count). The van der Waals surface area contributed by atoms with Crippen LogP contribution in [0.15, 0.2) is 68.3 Å². The molecule has 0 bridgehead atoms. The fraction of sp³-hybridized carbons (Fsp3) is 0.729. The van der Waals surface area contributed by atoms with Crippen molar-refractivity contribution in [2.24, 2.45) is 46.3 Å². The Labute approximate surface area is 324 Å². The molecule has 0 saturated heterocycles. The summed E-state index contributed by atoms with van der Waals surface area (Å²) in [4.78, 5) is 16.2. The van der Waals surface area contributed by atoms with E-state index < -0.39 is 0 Å². The van der Waals surface area contributed by atoms with Crippen molar-refractivity contribution in [3.8, 4) is 0 Å². The van der Waals surface area contributed by atoms with Gasteiger partial charge in [-0.25, -0.2) is 0 Å². The van der Waals surface area contributed by atoms with Crippen LogP contribution in [-0.4, -0.2) is 55.5 Å². The Morgan fingerprint density at radius 1 is 0.868 bits per heavy atom. The summed E-state index contributed by atoms with van der Waals surface area (Å²) in [6.45, 7) is 25.3. The third-order valence-electron chi connectivity index (χ3n) is 14.9. The van der Waals surface area contributed by atoms with E-state index in [0.717, 1.165) is 45.1 Å². The van der Waals surface area contributed by atoms with E-state index in [4.69, 9.17) is 14.2 Å². The molecule has 1 amide bonds. The zero-order chi connectivity index (χ0) is 37.8. The maximum Gasteiger partial charge on any atom is 0.222 e. The van der Waals surface area contributed by atoms with E-state index in [1.807, 2.05) is 18.2 Å². The predicted octanol–water partition coefficient (Wildman–Crippen LogP) is 11.4. The molecule has 0 radical (unpaired) electrons. The summed E-state index contributed by atoms with van der Waals surface area (Å²) in [7, 11) is 0. The van der Waals surface area contributed by atoms with Gasteiger partial charge < -0.3 is 19.1 Å². The maximum atomic E-state index is 14.0. The molecule has 0 aliphatic heterocycles. The van der Waals surface area contributed by atoms with Crippen LogP contribution in [-0.2, 0) is 25.5 Å². The molecule has 1 aromatic rings. The first-order valence-electron chi connectivity index (χ1n) is 21.7. The van der Waals surface area contributed by atoms with Crippen molar-refractivity contribution in [3.63, 3.8) is 0 Å². The number of hydrogen-bond donors (Lipinski definition) is 0. The zero-order valence-electron chi connectivity index (χ0n) is 34.2. The lowest BCUT2D eigenvalue weighted by Crippen LogP contribution is -2.63. The molecule has 4 aliphatic rings. The zero-order valence-corrected chi connectivity index (χ0v) is 34.2. The number of benzene rings is 1. The van der Waals surface area contributed by atoms with Gasteiger partial charge in [-0.3, -0.25) is 4.79 Å². The quantitative estimate of drug-likeness (QED) is 0.0881. The molecule has 11 atom stereocenters. The van der Waals surface area contributed by atoms with Crippen LogP contribution in [0.2, 0.25) is 0 Å². The van der Waals surface area contributed by atoms with Crippen LogP contribution >= 0.6 is 0 Å². The van der Waals surface area contributed by atoms with E-state index in [1.54, 1.807) is 0 Å². The highest BCUT2D eigenvalue weighted by molar-refractivity contribution is 5.76. The Morgan fingerprint density at radius 2 is 1.57 bits per heavy atom. The van der Waals surface area contributed by atoms with Crippen LogP contribution in [0.3, 0.4) is 0 Å². The van der Waals surface area contributed by atoms with Gasteiger partial charge in [0.15, 0.2) is 0 Å². The number of carbonyl (C=O) groups excluding carboxylic acids is 1. The van der Waals surface area contributed by atoms with Crippen molar-refractivity contribution in [2.75, 3.05) is 26.4 Å². The lowest BCUT2D eigenvalue weighted by molar-refractivity contribution is -0.223. The average molecular weight is 730 g/mol. The second-order valence-corrected chi connectivity index (χ2v) is 17.9. The molecular weight excluding hydrogens is 655 g/mol. The van der Waals surface area contributed by atoms with E-state index >= 15 is 0 Å². The van der Waals surface area contributed by atoms with Gasteiger partial charge in [0.05, 0.1) is 38.1 Å². The van der Waals surface area contributed by atoms with Gasteiger partial charge in [-0.1, -0.05) is 108 Å². The molecule has 1 aromatic carbocycles. The summed E-state index contributed by atoms with van der Waals surface area (Å²) >= 11 is 0. The van der Waals surface area contributed by atoms with E-state index in [0.29, 0.717) is 80.3 Å². The fourth-order valence-corrected chi connectivity index (χ4v) is 12.1. The summed E-state index contributed by atoms with van der Waals surface area (Å²) in [6.07, 6.45) is 23.4. The van der Waals surface area contributed by atoms with Crippen LogP contribution in [0, 0.1) is 46.3 Å². The molecule has 3 unspecified atom stereocenters. The Morgan fingerprint density at radius 3 is 2.30 bits per heavy atom. The highest BCUT2D eigenvalue weighted by Crippen LogP contribution is 2.69. The third kappa shape index (κ3) is 9.79. The number of nitrogens with zero attached hydrogens (tertiary/aromatic N) is 1. The van der Waals surface area contributed by atoms with Gasteiger partial charge in [-0.2, -0.15) is 0 Å². The summed E-state index contributed by atoms with van der Waals surface area (Å²) < 4.78 is 20.0. The smallest absolute Gasteiger partial charge is 0.222 e. The maximum absolute atomic E-state index is 14.0. The highest BCUT2D eigenvalue weighted by Gasteiger charge is 2.66. The van der Waals surface area contributed by atoms with Gasteiger partial charge in [0.1, 0.15) is 0 Å². The molecular formula is C48H75NO4. The van der Waals surface area contributed by atoms with Crippen molar-refractivity contribution < 1.29 is 19.0 Å². The number of carbonyl (C=O) groups is 1. The van der Waals surface area contributed by atoms with Crippen molar-refractivity contribution >= 4 is 5.91 Å². The van der Waals surface area contributed by atoms with Crippen LogP contribution < -0.4 is 0 Å². The normalized spacial score (nSPS) is 34.0. The predicted molar refractivity (Wildman–Crippen MR) is 219 cm³/mol. The second kappa shape index (κ2) is 20.1. The summed E-state index contributed by atoms with van der Waals surface area (Å²) in [5.74, 6) is 3.42. The Bertz CT molecular complexity index is 1300. The first-order valence-corrected chi connectivity index (χ1v) is 21.7. The van der Waals surface area contributed by atoms with E-state index in [1.165, 1.54) is 56.9 Å². The first-order chi connectivity index (χ1) is 25.7. The van der Waals surface area contributed by atoms with Gasteiger partial charge in [0.25, 0.3) is 0 Å². The molecule has 4 aliphatic carbocycles. The van der Waals surface area contributed by atoms with Crippen LogP contribution in [0.5, 0.6) is 0 Å². The van der Waals surface area contributed by atoms with Crippen molar-refractivity contribution in [1.29, 1.82) is 0 Å². The van der Waals surface area contributed by atoms with Gasteiger partial charge in [-0.15, -0.1) is 19.7 Å². The largest absolute Gasteiger partial charge is 0.374 e. The topological polar surface area (TPSA) is 48.0 Å². The minimum atomic E-state index is 0.0259. The minimum Gasteiger partial charge on any atom is -0.374 e. The molecule has 0 heterocycles. The molecule has 0 spiro atoms. The molecule has 5 heteroatoms. The number of fused-ring (bicyclic) bond motifs is 5. The number of rotatable bonds is 22. The Kier molecular flexibility index (Phi) is 15.9. The van der Waals surface area contributed by atoms with E-state index in [2.05, 4.69) is 82.7 Å². The van der Waals surface area contributed by atoms with Crippen molar-refractivity contribution in [2.45, 2.75) is 149 Å².